The lowest BCUT2D eigenvalue weighted by molar-refractivity contribution is -0.121. The first kappa shape index (κ1) is 18.8. The molecule has 3 heterocycles. The number of thiophene rings is 1. The molecule has 29 heavy (non-hydrogen) atoms. The van der Waals surface area contributed by atoms with Crippen LogP contribution < -0.4 is 9.62 Å². The third kappa shape index (κ3) is 3.39. The molecule has 0 atom stereocenters. The summed E-state index contributed by atoms with van der Waals surface area (Å²) in [6.07, 6.45) is 1.45. The average molecular weight is 427 g/mol. The number of aliphatic hydroxyl groups excluding tert-OH is 1. The second-order valence-electron chi connectivity index (χ2n) is 5.96. The number of sulfonamides is 1. The number of hydrogen-bond donors (Lipinski definition) is 2. The van der Waals surface area contributed by atoms with Crippen LogP contribution in [0.25, 0.3) is 5.57 Å². The molecule has 0 aliphatic carbocycles. The Labute approximate surface area is 169 Å². The zero-order valence-corrected chi connectivity index (χ0v) is 16.3. The van der Waals surface area contributed by atoms with Crippen molar-refractivity contribution in [3.05, 3.63) is 76.8 Å². The minimum Gasteiger partial charge on any atom is -0.502 e. The van der Waals surface area contributed by atoms with Crippen molar-refractivity contribution in [1.29, 1.82) is 0 Å². The molecule has 8 nitrogen and oxygen atoms in total. The van der Waals surface area contributed by atoms with Crippen LogP contribution in [-0.2, 0) is 19.6 Å². The lowest BCUT2D eigenvalue weighted by Gasteiger charge is -2.15. The number of carbonyl (C=O) groups is 2. The van der Waals surface area contributed by atoms with E-state index >= 15 is 0 Å². The lowest BCUT2D eigenvalue weighted by Crippen LogP contribution is -2.31. The molecule has 0 fully saturated rings. The molecule has 4 rings (SSSR count). The topological polar surface area (TPSA) is 117 Å². The second kappa shape index (κ2) is 7.15. The van der Waals surface area contributed by atoms with E-state index in [-0.39, 0.29) is 22.0 Å². The Hall–Kier alpha value is -3.50. The van der Waals surface area contributed by atoms with E-state index in [1.165, 1.54) is 47.9 Å². The van der Waals surface area contributed by atoms with Gasteiger partial charge in [-0.2, -0.15) is 0 Å². The third-order valence-electron chi connectivity index (χ3n) is 4.14. The predicted molar refractivity (Wildman–Crippen MR) is 108 cm³/mol. The maximum atomic E-state index is 12.7. The first-order valence-electron chi connectivity index (χ1n) is 8.28. The molecule has 1 aliphatic rings. The summed E-state index contributed by atoms with van der Waals surface area (Å²) in [5.74, 6) is -2.00. The zero-order chi connectivity index (χ0) is 20.6. The molecule has 0 saturated heterocycles. The van der Waals surface area contributed by atoms with E-state index < -0.39 is 27.6 Å². The van der Waals surface area contributed by atoms with Crippen molar-refractivity contribution in [3.63, 3.8) is 0 Å². The number of amides is 2. The van der Waals surface area contributed by atoms with Crippen LogP contribution in [0.15, 0.2) is 76.8 Å². The van der Waals surface area contributed by atoms with Gasteiger partial charge in [0.25, 0.3) is 15.9 Å². The van der Waals surface area contributed by atoms with Gasteiger partial charge in [-0.25, -0.2) is 18.3 Å². The number of aliphatic hydroxyl groups is 1. The summed E-state index contributed by atoms with van der Waals surface area (Å²) in [6, 6.07) is 13.3. The van der Waals surface area contributed by atoms with Crippen molar-refractivity contribution < 1.29 is 23.1 Å². The molecule has 10 heteroatoms. The highest BCUT2D eigenvalue weighted by atomic mass is 32.2. The van der Waals surface area contributed by atoms with E-state index in [1.54, 1.807) is 29.6 Å². The van der Waals surface area contributed by atoms with Crippen LogP contribution in [0.4, 0.5) is 11.5 Å². The first-order chi connectivity index (χ1) is 13.9. The molecule has 1 aromatic carbocycles. The summed E-state index contributed by atoms with van der Waals surface area (Å²) in [4.78, 5) is 30.2. The van der Waals surface area contributed by atoms with Crippen LogP contribution in [0.3, 0.4) is 0 Å². The maximum absolute atomic E-state index is 12.7. The number of nitrogens with one attached hydrogen (secondary N) is 1. The largest absolute Gasteiger partial charge is 0.502 e. The Bertz CT molecular complexity index is 1220. The maximum Gasteiger partial charge on any atom is 0.301 e. The SMILES string of the molecule is O=C1C(O)=C(c2cccs2)C(=O)N1c1ccc(S(=O)(=O)Nc2ccccn2)cc1. The number of rotatable bonds is 5. The fourth-order valence-electron chi connectivity index (χ4n) is 2.79. The van der Waals surface area contributed by atoms with Crippen molar-refractivity contribution in [3.8, 4) is 0 Å². The number of hydrogen-bond acceptors (Lipinski definition) is 7. The summed E-state index contributed by atoms with van der Waals surface area (Å²) < 4.78 is 27.3. The number of anilines is 2. The standard InChI is InChI=1S/C19H13N3O5S2/c23-17-16(14-4-3-11-28-14)18(24)22(19(17)25)12-6-8-13(9-7-12)29(26,27)21-15-5-1-2-10-20-15/h1-11,23H,(H,20,21). The minimum absolute atomic E-state index is 0.0679. The van der Waals surface area contributed by atoms with Gasteiger partial charge < -0.3 is 5.11 Å². The molecule has 2 amide bonds. The molecule has 2 aromatic heterocycles. The van der Waals surface area contributed by atoms with Crippen LogP contribution in [0.2, 0.25) is 0 Å². The lowest BCUT2D eigenvalue weighted by atomic mass is 10.2. The highest BCUT2D eigenvalue weighted by Crippen LogP contribution is 2.34. The molecule has 0 spiro atoms. The van der Waals surface area contributed by atoms with Crippen LogP contribution in [-0.4, -0.2) is 30.3 Å². The van der Waals surface area contributed by atoms with Crippen molar-refractivity contribution in [2.24, 2.45) is 0 Å². The quantitative estimate of drug-likeness (QED) is 0.605. The van der Waals surface area contributed by atoms with Crippen molar-refractivity contribution in [2.45, 2.75) is 4.90 Å². The van der Waals surface area contributed by atoms with Gasteiger partial charge >= 0.3 is 5.91 Å². The molecular formula is C19H13N3O5S2. The number of imide groups is 1. The molecule has 0 bridgehead atoms. The van der Waals surface area contributed by atoms with E-state index in [4.69, 9.17) is 0 Å². The molecule has 1 aliphatic heterocycles. The summed E-state index contributed by atoms with van der Waals surface area (Å²) in [5.41, 5.74) is 0.0772. The summed E-state index contributed by atoms with van der Waals surface area (Å²) >= 11 is 1.22. The van der Waals surface area contributed by atoms with E-state index in [0.717, 1.165) is 4.90 Å². The Balaban J connectivity index is 1.60. The normalized spacial score (nSPS) is 14.6. The Morgan fingerprint density at radius 1 is 0.966 bits per heavy atom. The van der Waals surface area contributed by atoms with E-state index in [0.29, 0.717) is 4.88 Å². The monoisotopic (exact) mass is 427 g/mol. The number of nitrogens with zero attached hydrogens (tertiary/aromatic N) is 2. The number of benzene rings is 1. The second-order valence-corrected chi connectivity index (χ2v) is 8.59. The van der Waals surface area contributed by atoms with Gasteiger partial charge in [0.2, 0.25) is 0 Å². The molecule has 146 valence electrons. The highest BCUT2D eigenvalue weighted by Gasteiger charge is 2.40. The Kier molecular flexibility index (Phi) is 4.65. The van der Waals surface area contributed by atoms with Gasteiger partial charge in [0.15, 0.2) is 5.76 Å². The van der Waals surface area contributed by atoms with E-state index in [1.807, 2.05) is 0 Å². The average Bonchev–Trinajstić information content (AvgIpc) is 3.30. The molecule has 0 saturated carbocycles. The van der Waals surface area contributed by atoms with Crippen molar-refractivity contribution in [2.75, 3.05) is 9.62 Å². The van der Waals surface area contributed by atoms with Gasteiger partial charge in [-0.15, -0.1) is 11.3 Å². The smallest absolute Gasteiger partial charge is 0.301 e. The Morgan fingerprint density at radius 3 is 2.34 bits per heavy atom. The summed E-state index contributed by atoms with van der Waals surface area (Å²) in [5, 5.41) is 11.9. The molecule has 0 radical (unpaired) electrons. The van der Waals surface area contributed by atoms with Gasteiger partial charge in [-0.3, -0.25) is 14.3 Å². The number of carbonyl (C=O) groups excluding carboxylic acids is 2. The van der Waals surface area contributed by atoms with Crippen molar-refractivity contribution in [1.82, 2.24) is 4.98 Å². The zero-order valence-electron chi connectivity index (χ0n) is 14.6. The highest BCUT2D eigenvalue weighted by molar-refractivity contribution is 7.92. The van der Waals surface area contributed by atoms with Gasteiger partial charge in [0.05, 0.1) is 10.6 Å². The third-order valence-corrected chi connectivity index (χ3v) is 6.39. The molecule has 2 N–H and O–H groups in total. The van der Waals surface area contributed by atoms with Gasteiger partial charge in [0.1, 0.15) is 11.4 Å². The minimum atomic E-state index is -3.90. The van der Waals surface area contributed by atoms with Gasteiger partial charge in [-0.1, -0.05) is 12.1 Å². The Morgan fingerprint density at radius 2 is 1.72 bits per heavy atom. The first-order valence-corrected chi connectivity index (χ1v) is 10.6. The van der Waals surface area contributed by atoms with Crippen LogP contribution >= 0.6 is 11.3 Å². The molecular weight excluding hydrogens is 414 g/mol. The van der Waals surface area contributed by atoms with E-state index in [9.17, 15) is 23.1 Å². The van der Waals surface area contributed by atoms with Crippen molar-refractivity contribution >= 4 is 50.3 Å². The molecule has 3 aromatic rings. The number of aromatic nitrogens is 1. The van der Waals surface area contributed by atoms with Crippen LogP contribution in [0, 0.1) is 0 Å². The van der Waals surface area contributed by atoms with E-state index in [2.05, 4.69) is 9.71 Å². The molecule has 0 unspecified atom stereocenters. The fourth-order valence-corrected chi connectivity index (χ4v) is 4.56. The van der Waals surface area contributed by atoms with Gasteiger partial charge in [-0.05, 0) is 47.8 Å². The summed E-state index contributed by atoms with van der Waals surface area (Å²) in [7, 11) is -3.90. The van der Waals surface area contributed by atoms with Gasteiger partial charge in [0, 0.05) is 11.1 Å². The predicted octanol–water partition coefficient (Wildman–Crippen LogP) is 2.79. The fraction of sp³-hybridized carbons (Fsp3) is 0. The summed E-state index contributed by atoms with van der Waals surface area (Å²) in [6.45, 7) is 0. The van der Waals surface area contributed by atoms with Crippen LogP contribution in [0.1, 0.15) is 4.88 Å². The number of pyridine rings is 1. The van der Waals surface area contributed by atoms with Crippen LogP contribution in [0.5, 0.6) is 0 Å².